The molecule has 0 spiro atoms. The van der Waals surface area contributed by atoms with Gasteiger partial charge in [0.15, 0.2) is 0 Å². The predicted octanol–water partition coefficient (Wildman–Crippen LogP) is 1.08. The monoisotopic (exact) mass is 251 g/mol. The second-order valence-electron chi connectivity index (χ2n) is 5.02. The van der Waals surface area contributed by atoms with Crippen LogP contribution in [0, 0.1) is 0 Å². The fourth-order valence-corrected chi connectivity index (χ4v) is 1.78. The van der Waals surface area contributed by atoms with Gasteiger partial charge in [0.2, 0.25) is 0 Å². The number of carbonyl (C=O) groups excluding carboxylic acids is 1. The van der Waals surface area contributed by atoms with Crippen molar-refractivity contribution < 1.29 is 9.90 Å². The Bertz CT molecular complexity index is 418. The molecular weight excluding hydrogens is 230 g/mol. The summed E-state index contributed by atoms with van der Waals surface area (Å²) >= 11 is 0. The first kappa shape index (κ1) is 14.3. The molecule has 0 atom stereocenters. The minimum Gasteiger partial charge on any atom is -0.399 e. The highest BCUT2D eigenvalue weighted by Crippen LogP contribution is 2.16. The lowest BCUT2D eigenvalue weighted by Gasteiger charge is -2.28. The number of hydrogen-bond donors (Lipinski definition) is 3. The van der Waals surface area contributed by atoms with E-state index in [9.17, 15) is 9.90 Å². The summed E-state index contributed by atoms with van der Waals surface area (Å²) < 4.78 is 0. The Hall–Kier alpha value is -1.75. The molecule has 0 saturated heterocycles. The van der Waals surface area contributed by atoms with Crippen molar-refractivity contribution >= 4 is 17.3 Å². The van der Waals surface area contributed by atoms with Crippen LogP contribution in [0.4, 0.5) is 11.4 Å². The van der Waals surface area contributed by atoms with Crippen molar-refractivity contribution in [1.82, 2.24) is 4.90 Å². The summed E-state index contributed by atoms with van der Waals surface area (Å²) in [5.74, 6) is -0.182. The molecule has 0 saturated carbocycles. The molecule has 5 heteroatoms. The van der Waals surface area contributed by atoms with E-state index in [1.165, 1.54) is 0 Å². The normalized spacial score (nSPS) is 11.3. The van der Waals surface area contributed by atoms with E-state index in [4.69, 9.17) is 11.5 Å². The third kappa shape index (κ3) is 3.92. The zero-order chi connectivity index (χ0) is 13.9. The number of rotatable bonds is 4. The summed E-state index contributed by atoms with van der Waals surface area (Å²) in [6.45, 7) is 5.96. The molecule has 0 fully saturated rings. The van der Waals surface area contributed by atoms with Gasteiger partial charge in [0, 0.05) is 30.0 Å². The van der Waals surface area contributed by atoms with E-state index < -0.39 is 5.60 Å². The molecule has 0 unspecified atom stereocenters. The number of hydrogen-bond acceptors (Lipinski definition) is 4. The number of nitrogens with zero attached hydrogens (tertiary/aromatic N) is 1. The molecule has 5 nitrogen and oxygen atoms in total. The van der Waals surface area contributed by atoms with Gasteiger partial charge in [-0.05, 0) is 39.0 Å². The van der Waals surface area contributed by atoms with Crippen LogP contribution in [0.1, 0.15) is 31.1 Å². The minimum atomic E-state index is -0.933. The summed E-state index contributed by atoms with van der Waals surface area (Å²) in [5.41, 5.74) is 11.8. The van der Waals surface area contributed by atoms with Gasteiger partial charge in [0.05, 0.1) is 5.60 Å². The van der Waals surface area contributed by atoms with Crippen LogP contribution in [0.2, 0.25) is 0 Å². The maximum absolute atomic E-state index is 12.3. The number of amides is 1. The summed E-state index contributed by atoms with van der Waals surface area (Å²) in [4.78, 5) is 13.8. The largest absolute Gasteiger partial charge is 0.399 e. The number of carbonyl (C=O) groups is 1. The minimum absolute atomic E-state index is 0.182. The van der Waals surface area contributed by atoms with Crippen molar-refractivity contribution in [2.75, 3.05) is 24.6 Å². The van der Waals surface area contributed by atoms with Gasteiger partial charge in [-0.2, -0.15) is 0 Å². The number of nitrogen functional groups attached to an aromatic ring is 2. The molecule has 18 heavy (non-hydrogen) atoms. The van der Waals surface area contributed by atoms with Gasteiger partial charge in [-0.3, -0.25) is 4.79 Å². The van der Waals surface area contributed by atoms with Gasteiger partial charge in [0.25, 0.3) is 5.91 Å². The highest BCUT2D eigenvalue weighted by molar-refractivity contribution is 5.96. The second-order valence-corrected chi connectivity index (χ2v) is 5.02. The van der Waals surface area contributed by atoms with Gasteiger partial charge in [-0.1, -0.05) is 0 Å². The number of aliphatic hydroxyl groups is 1. The molecule has 0 aliphatic heterocycles. The molecule has 0 aliphatic carbocycles. The summed E-state index contributed by atoms with van der Waals surface area (Å²) in [6, 6.07) is 4.78. The Labute approximate surface area is 107 Å². The standard InChI is InChI=1S/C13H21N3O2/c1-4-16(8-13(2,3)18)12(17)9-5-10(14)7-11(15)6-9/h5-7,18H,4,8,14-15H2,1-3H3. The summed E-state index contributed by atoms with van der Waals surface area (Å²) in [7, 11) is 0. The molecule has 1 aromatic carbocycles. The third-order valence-electron chi connectivity index (χ3n) is 2.47. The quantitative estimate of drug-likeness (QED) is 0.698. The van der Waals surface area contributed by atoms with E-state index in [1.807, 2.05) is 6.92 Å². The summed E-state index contributed by atoms with van der Waals surface area (Å²) in [6.07, 6.45) is 0. The molecule has 0 aliphatic rings. The van der Waals surface area contributed by atoms with E-state index >= 15 is 0 Å². The summed E-state index contributed by atoms with van der Waals surface area (Å²) in [5, 5.41) is 9.78. The first-order valence-electron chi connectivity index (χ1n) is 5.90. The molecule has 1 aromatic rings. The first-order chi connectivity index (χ1) is 8.23. The molecule has 0 bridgehead atoms. The van der Waals surface area contributed by atoms with Crippen molar-refractivity contribution in [3.63, 3.8) is 0 Å². The zero-order valence-corrected chi connectivity index (χ0v) is 11.1. The van der Waals surface area contributed by atoms with Gasteiger partial charge in [-0.15, -0.1) is 0 Å². The Morgan fingerprint density at radius 2 is 1.78 bits per heavy atom. The maximum Gasteiger partial charge on any atom is 0.254 e. The zero-order valence-electron chi connectivity index (χ0n) is 11.1. The van der Waals surface area contributed by atoms with Crippen molar-refractivity contribution in [1.29, 1.82) is 0 Å². The molecule has 1 rings (SSSR count). The van der Waals surface area contributed by atoms with Crippen LogP contribution in [0.25, 0.3) is 0 Å². The van der Waals surface area contributed by atoms with Crippen molar-refractivity contribution in [3.8, 4) is 0 Å². The van der Waals surface area contributed by atoms with Gasteiger partial charge >= 0.3 is 0 Å². The number of anilines is 2. The Balaban J connectivity index is 2.96. The van der Waals surface area contributed by atoms with Crippen LogP contribution >= 0.6 is 0 Å². The number of likely N-dealkylation sites (N-methyl/N-ethyl adjacent to an activating group) is 1. The lowest BCUT2D eigenvalue weighted by atomic mass is 10.1. The van der Waals surface area contributed by atoms with Crippen LogP contribution in [0.5, 0.6) is 0 Å². The SMILES string of the molecule is CCN(CC(C)(C)O)C(=O)c1cc(N)cc(N)c1. The first-order valence-corrected chi connectivity index (χ1v) is 5.90. The van der Waals surface area contributed by atoms with Crippen LogP contribution in [0.3, 0.4) is 0 Å². The highest BCUT2D eigenvalue weighted by Gasteiger charge is 2.22. The fourth-order valence-electron chi connectivity index (χ4n) is 1.78. The topological polar surface area (TPSA) is 92.6 Å². The highest BCUT2D eigenvalue weighted by atomic mass is 16.3. The predicted molar refractivity (Wildman–Crippen MR) is 73.1 cm³/mol. The Morgan fingerprint density at radius 3 is 2.17 bits per heavy atom. The lowest BCUT2D eigenvalue weighted by Crippen LogP contribution is -2.42. The van der Waals surface area contributed by atoms with Crippen LogP contribution in [-0.2, 0) is 0 Å². The maximum atomic E-state index is 12.3. The van der Waals surface area contributed by atoms with Crippen molar-refractivity contribution in [2.45, 2.75) is 26.4 Å². The van der Waals surface area contributed by atoms with E-state index in [-0.39, 0.29) is 12.5 Å². The molecule has 0 heterocycles. The number of nitrogens with two attached hydrogens (primary N) is 2. The average molecular weight is 251 g/mol. The van der Waals surface area contributed by atoms with E-state index in [0.717, 1.165) is 0 Å². The van der Waals surface area contributed by atoms with Crippen LogP contribution in [0.15, 0.2) is 18.2 Å². The van der Waals surface area contributed by atoms with Crippen molar-refractivity contribution in [2.24, 2.45) is 0 Å². The van der Waals surface area contributed by atoms with E-state index in [0.29, 0.717) is 23.5 Å². The third-order valence-corrected chi connectivity index (χ3v) is 2.47. The van der Waals surface area contributed by atoms with Gasteiger partial charge in [-0.25, -0.2) is 0 Å². The fraction of sp³-hybridized carbons (Fsp3) is 0.462. The molecule has 100 valence electrons. The van der Waals surface area contributed by atoms with Gasteiger partial charge < -0.3 is 21.5 Å². The molecule has 0 radical (unpaired) electrons. The van der Waals surface area contributed by atoms with Crippen molar-refractivity contribution in [3.05, 3.63) is 23.8 Å². The second kappa shape index (κ2) is 5.27. The Morgan fingerprint density at radius 1 is 1.28 bits per heavy atom. The Kier molecular flexibility index (Phi) is 4.19. The molecular formula is C13H21N3O2. The smallest absolute Gasteiger partial charge is 0.254 e. The van der Waals surface area contributed by atoms with E-state index in [1.54, 1.807) is 36.9 Å². The average Bonchev–Trinajstić information content (AvgIpc) is 2.22. The van der Waals surface area contributed by atoms with Crippen LogP contribution < -0.4 is 11.5 Å². The van der Waals surface area contributed by atoms with E-state index in [2.05, 4.69) is 0 Å². The molecule has 5 N–H and O–H groups in total. The van der Waals surface area contributed by atoms with Crippen LogP contribution in [-0.4, -0.2) is 34.6 Å². The molecule has 0 aromatic heterocycles. The number of benzene rings is 1. The van der Waals surface area contributed by atoms with Gasteiger partial charge in [0.1, 0.15) is 0 Å². The lowest BCUT2D eigenvalue weighted by molar-refractivity contribution is 0.0315. The molecule has 1 amide bonds.